The average molecular weight is 351 g/mol. The Hall–Kier alpha value is -2.28. The highest BCUT2D eigenvalue weighted by molar-refractivity contribution is 5.80. The van der Waals surface area contributed by atoms with Gasteiger partial charge in [0.1, 0.15) is 6.10 Å². The second kappa shape index (κ2) is 15.3. The van der Waals surface area contributed by atoms with Crippen molar-refractivity contribution in [3.05, 3.63) is 12.7 Å². The van der Waals surface area contributed by atoms with Crippen LogP contribution in [-0.2, 0) is 9.59 Å². The van der Waals surface area contributed by atoms with E-state index in [1.807, 2.05) is 0 Å². The molecule has 0 spiro atoms. The molecule has 1 unspecified atom stereocenters. The normalized spacial score (nSPS) is 14.3. The highest BCUT2D eigenvalue weighted by atomic mass is 16.4. The minimum atomic E-state index is -1.29. The molecular weight excluding hydrogens is 322 g/mol. The Morgan fingerprint density at radius 1 is 1.08 bits per heavy atom. The Balaban J connectivity index is 0. The number of carboxylic acids is 1. The maximum Gasteiger partial charge on any atom is 0.332 e. The first-order valence-electron chi connectivity index (χ1n) is 8.07. The van der Waals surface area contributed by atoms with Crippen LogP contribution < -0.4 is 5.32 Å². The van der Waals surface area contributed by atoms with Crippen molar-refractivity contribution in [3.8, 4) is 24.7 Å². The first-order valence-corrected chi connectivity index (χ1v) is 8.07. The molecule has 0 saturated heterocycles. The third-order valence-electron chi connectivity index (χ3n) is 3.51. The molecule has 25 heavy (non-hydrogen) atoms. The van der Waals surface area contributed by atoms with Crippen molar-refractivity contribution in [1.82, 2.24) is 5.32 Å². The molecule has 4 atom stereocenters. The van der Waals surface area contributed by atoms with E-state index in [1.54, 1.807) is 19.9 Å². The molecule has 0 heterocycles. The molecule has 1 amide bonds. The Morgan fingerprint density at radius 2 is 1.52 bits per heavy atom. The number of carbonyl (C=O) groups is 2. The van der Waals surface area contributed by atoms with Crippen LogP contribution in [0.5, 0.6) is 0 Å². The number of hydrogen-bond acceptors (Lipinski definition) is 4. The van der Waals surface area contributed by atoms with Crippen LogP contribution in [0, 0.1) is 36.5 Å². The zero-order chi connectivity index (χ0) is 19.8. The van der Waals surface area contributed by atoms with Crippen molar-refractivity contribution in [2.45, 2.75) is 51.7 Å². The van der Waals surface area contributed by atoms with Crippen molar-refractivity contribution < 1.29 is 24.9 Å². The lowest BCUT2D eigenvalue weighted by molar-refractivity contribution is -0.149. The van der Waals surface area contributed by atoms with E-state index in [0.29, 0.717) is 32.2 Å². The van der Waals surface area contributed by atoms with Crippen LogP contribution in [-0.4, -0.2) is 45.9 Å². The predicted molar refractivity (Wildman–Crippen MR) is 97.3 cm³/mol. The molecule has 4 N–H and O–H groups in total. The quantitative estimate of drug-likeness (QED) is 0.349. The molecule has 0 aliphatic carbocycles. The van der Waals surface area contributed by atoms with Gasteiger partial charge in [0, 0.05) is 19.4 Å². The molecule has 6 nitrogen and oxygen atoms in total. The molecule has 0 aromatic heterocycles. The monoisotopic (exact) mass is 351 g/mol. The lowest BCUT2D eigenvalue weighted by Crippen LogP contribution is -2.38. The fraction of sp³-hybridized carbons (Fsp3) is 0.579. The van der Waals surface area contributed by atoms with Crippen molar-refractivity contribution >= 4 is 11.9 Å². The van der Waals surface area contributed by atoms with E-state index in [0.717, 1.165) is 0 Å². The van der Waals surface area contributed by atoms with Crippen molar-refractivity contribution in [2.24, 2.45) is 11.8 Å². The highest BCUT2D eigenvalue weighted by Crippen LogP contribution is 2.10. The molecule has 0 saturated carbocycles. The van der Waals surface area contributed by atoms with Gasteiger partial charge in [0.15, 0.2) is 6.10 Å². The number of aliphatic hydroxyl groups is 2. The molecule has 6 heteroatoms. The second-order valence-electron chi connectivity index (χ2n) is 5.70. The largest absolute Gasteiger partial charge is 0.479 e. The first kappa shape index (κ1) is 25.0. The van der Waals surface area contributed by atoms with Gasteiger partial charge in [-0.05, 0) is 24.7 Å². The van der Waals surface area contributed by atoms with E-state index in [9.17, 15) is 14.7 Å². The number of aliphatic hydroxyl groups excluding tert-OH is 2. The van der Waals surface area contributed by atoms with Crippen molar-refractivity contribution in [2.75, 3.05) is 6.54 Å². The number of carboxylic acid groups (broad SMARTS) is 1. The van der Waals surface area contributed by atoms with Crippen LogP contribution in [0.15, 0.2) is 12.7 Å². The van der Waals surface area contributed by atoms with Gasteiger partial charge in [-0.15, -0.1) is 31.3 Å². The van der Waals surface area contributed by atoms with Crippen LogP contribution >= 0.6 is 0 Å². The zero-order valence-corrected chi connectivity index (χ0v) is 14.9. The summed E-state index contributed by atoms with van der Waals surface area (Å²) in [4.78, 5) is 21.4. The van der Waals surface area contributed by atoms with E-state index < -0.39 is 18.2 Å². The van der Waals surface area contributed by atoms with Crippen LogP contribution in [0.1, 0.15) is 39.5 Å². The van der Waals surface area contributed by atoms with Crippen LogP contribution in [0.25, 0.3) is 0 Å². The van der Waals surface area contributed by atoms with Crippen LogP contribution in [0.3, 0.4) is 0 Å². The van der Waals surface area contributed by atoms with Gasteiger partial charge in [-0.25, -0.2) is 4.79 Å². The summed E-state index contributed by atoms with van der Waals surface area (Å²) in [5, 5.41) is 29.4. The number of aliphatic carboxylic acids is 1. The predicted octanol–water partition coefficient (Wildman–Crippen LogP) is 1.18. The minimum absolute atomic E-state index is 0.115. The molecule has 0 radical (unpaired) electrons. The van der Waals surface area contributed by atoms with Gasteiger partial charge in [0.2, 0.25) is 5.91 Å². The molecule has 0 aromatic carbocycles. The maximum absolute atomic E-state index is 11.2. The molecule has 0 aromatic rings. The second-order valence-corrected chi connectivity index (χ2v) is 5.70. The molecule has 140 valence electrons. The van der Waals surface area contributed by atoms with E-state index in [1.165, 1.54) is 0 Å². The van der Waals surface area contributed by atoms with Crippen LogP contribution in [0.2, 0.25) is 0 Å². The van der Waals surface area contributed by atoms with E-state index in [2.05, 4.69) is 23.7 Å². The third-order valence-corrected chi connectivity index (χ3v) is 3.51. The summed E-state index contributed by atoms with van der Waals surface area (Å²) in [6.45, 7) is 7.30. The molecule has 0 aliphatic heterocycles. The number of carbonyl (C=O) groups excluding carboxylic acids is 1. The summed E-state index contributed by atoms with van der Waals surface area (Å²) in [5.41, 5.74) is 0. The Morgan fingerprint density at radius 3 is 1.88 bits per heavy atom. The number of rotatable bonds is 10. The van der Waals surface area contributed by atoms with E-state index in [4.69, 9.17) is 23.1 Å². The summed E-state index contributed by atoms with van der Waals surface area (Å²) >= 11 is 0. The number of hydrogen-bond donors (Lipinski definition) is 4. The Kier molecular flexibility index (Phi) is 15.2. The van der Waals surface area contributed by atoms with Gasteiger partial charge in [-0.3, -0.25) is 4.79 Å². The molecule has 0 aliphatic rings. The molecule has 0 rings (SSSR count). The minimum Gasteiger partial charge on any atom is -0.479 e. The lowest BCUT2D eigenvalue weighted by atomic mass is 9.98. The standard InChI is InChI=1S/C11H17NO2.C8H12O3/c1-4-6-7-9(3)10(13)11(14)12-8-5-2;1-3-4-5-6(2)7(9)8(10)11/h1,5,9-10,13H,2,6-8H2,3H3,(H,12,14);1,6-7,9H,4-5H2,2H3,(H,10,11)/t9?,10-;6-,7+/m00/s1. The Labute approximate surface area is 150 Å². The topological polar surface area (TPSA) is 107 Å². The fourth-order valence-corrected chi connectivity index (χ4v) is 1.72. The molecular formula is C19H29NO5. The van der Waals surface area contributed by atoms with Crippen molar-refractivity contribution in [1.29, 1.82) is 0 Å². The Bertz CT molecular complexity index is 489. The van der Waals surface area contributed by atoms with Gasteiger partial charge in [-0.2, -0.15) is 0 Å². The lowest BCUT2D eigenvalue weighted by Gasteiger charge is -2.16. The SMILES string of the molecule is C#CCCC(C)[C@H](O)C(=O)NCC=C.C#CCC[C@H](C)[C@@H](O)C(=O)O. The number of terminal acetylenes is 2. The fourth-order valence-electron chi connectivity index (χ4n) is 1.72. The summed E-state index contributed by atoms with van der Waals surface area (Å²) in [6.07, 6.45) is 11.6. The number of nitrogens with one attached hydrogen (secondary N) is 1. The average Bonchev–Trinajstić information content (AvgIpc) is 2.60. The maximum atomic E-state index is 11.2. The van der Waals surface area contributed by atoms with Crippen LogP contribution in [0.4, 0.5) is 0 Å². The van der Waals surface area contributed by atoms with Gasteiger partial charge in [0.05, 0.1) is 0 Å². The summed E-state index contributed by atoms with van der Waals surface area (Å²) in [6, 6.07) is 0. The van der Waals surface area contributed by atoms with Gasteiger partial charge in [0.25, 0.3) is 0 Å². The highest BCUT2D eigenvalue weighted by Gasteiger charge is 2.21. The first-order chi connectivity index (χ1) is 11.7. The van der Waals surface area contributed by atoms with Crippen molar-refractivity contribution in [3.63, 3.8) is 0 Å². The zero-order valence-electron chi connectivity index (χ0n) is 14.9. The van der Waals surface area contributed by atoms with Gasteiger partial charge in [-0.1, -0.05) is 19.9 Å². The van der Waals surface area contributed by atoms with Gasteiger partial charge >= 0.3 is 5.97 Å². The number of amides is 1. The van der Waals surface area contributed by atoms with E-state index in [-0.39, 0.29) is 17.7 Å². The van der Waals surface area contributed by atoms with Gasteiger partial charge < -0.3 is 20.6 Å². The summed E-state index contributed by atoms with van der Waals surface area (Å²) in [5.74, 6) is 2.92. The smallest absolute Gasteiger partial charge is 0.332 e. The van der Waals surface area contributed by atoms with E-state index >= 15 is 0 Å². The molecule has 0 bridgehead atoms. The third kappa shape index (κ3) is 12.8. The summed E-state index contributed by atoms with van der Waals surface area (Å²) in [7, 11) is 0. The molecule has 0 fully saturated rings. The summed E-state index contributed by atoms with van der Waals surface area (Å²) < 4.78 is 0.